The summed E-state index contributed by atoms with van der Waals surface area (Å²) in [6.07, 6.45) is 4.76. The van der Waals surface area contributed by atoms with Crippen LogP contribution in [0.15, 0.2) is 23.2 Å². The van der Waals surface area contributed by atoms with Gasteiger partial charge in [0, 0.05) is 19.3 Å². The highest BCUT2D eigenvalue weighted by Crippen LogP contribution is 2.16. The Morgan fingerprint density at radius 3 is 2.62 bits per heavy atom. The van der Waals surface area contributed by atoms with E-state index in [9.17, 15) is 12.8 Å². The van der Waals surface area contributed by atoms with E-state index in [2.05, 4.69) is 27.4 Å². The number of sulfone groups is 1. The van der Waals surface area contributed by atoms with Gasteiger partial charge in [-0.3, -0.25) is 0 Å². The molecule has 0 aromatic heterocycles. The minimum atomic E-state index is -3.20. The molecule has 1 fully saturated rings. The maximum absolute atomic E-state index is 13.7. The summed E-state index contributed by atoms with van der Waals surface area (Å²) < 4.78 is 37.0. The molecule has 1 aliphatic rings. The van der Waals surface area contributed by atoms with Gasteiger partial charge >= 0.3 is 0 Å². The van der Waals surface area contributed by atoms with E-state index in [1.807, 2.05) is 6.92 Å². The van der Waals surface area contributed by atoms with Crippen LogP contribution in [-0.4, -0.2) is 58.3 Å². The normalized spacial score (nSPS) is 16.8. The first-order valence-electron chi connectivity index (χ1n) is 10.5. The van der Waals surface area contributed by atoms with Gasteiger partial charge in [-0.15, -0.1) is 0 Å². The van der Waals surface area contributed by atoms with Gasteiger partial charge in [-0.2, -0.15) is 0 Å². The highest BCUT2D eigenvalue weighted by Gasteiger charge is 2.15. The number of rotatable bonds is 9. The number of aliphatic imine (C=N–C) groups is 1. The number of nitrogens with one attached hydrogen (secondary N) is 2. The molecule has 0 atom stereocenters. The Bertz CT molecular complexity index is 775. The summed E-state index contributed by atoms with van der Waals surface area (Å²) in [6.45, 7) is 9.48. The van der Waals surface area contributed by atoms with Gasteiger partial charge in [0.05, 0.1) is 12.3 Å². The number of hydrogen-bond acceptors (Lipinski definition) is 4. The lowest BCUT2D eigenvalue weighted by atomic mass is 9.99. The molecule has 0 amide bonds. The first kappa shape index (κ1) is 23.6. The standard InChI is InChI=1S/C21H35FN4O2S/c1-4-23-21(24-10-5-11-26-12-8-17(2)9-13-26)25-15-19-14-20(22)7-6-18(19)16-29(3,27)28/h6-7,14,17H,4-5,8-13,15-16H2,1-3H3,(H2,23,24,25). The second-order valence-corrected chi connectivity index (χ2v) is 10.1. The van der Waals surface area contributed by atoms with Crippen LogP contribution < -0.4 is 10.6 Å². The molecule has 0 spiro atoms. The molecule has 0 saturated carbocycles. The minimum absolute atomic E-state index is 0.115. The number of hydrogen-bond donors (Lipinski definition) is 2. The Kier molecular flexibility index (Phi) is 9.36. The van der Waals surface area contributed by atoms with Crippen LogP contribution in [0.1, 0.15) is 44.2 Å². The van der Waals surface area contributed by atoms with Crippen molar-refractivity contribution in [1.29, 1.82) is 0 Å². The molecule has 1 aromatic carbocycles. The van der Waals surface area contributed by atoms with E-state index in [1.165, 1.54) is 50.4 Å². The maximum atomic E-state index is 13.7. The molecule has 6 nitrogen and oxygen atoms in total. The molecule has 2 rings (SSSR count). The third-order valence-corrected chi connectivity index (χ3v) is 5.99. The zero-order chi connectivity index (χ0) is 21.3. The lowest BCUT2D eigenvalue weighted by molar-refractivity contribution is 0.191. The average molecular weight is 427 g/mol. The van der Waals surface area contributed by atoms with Crippen LogP contribution >= 0.6 is 0 Å². The molecule has 164 valence electrons. The second-order valence-electron chi connectivity index (χ2n) is 7.98. The molecule has 2 N–H and O–H groups in total. The zero-order valence-corrected chi connectivity index (χ0v) is 18.7. The Labute approximate surface area is 174 Å². The van der Waals surface area contributed by atoms with Crippen molar-refractivity contribution in [3.05, 3.63) is 35.1 Å². The van der Waals surface area contributed by atoms with Crippen LogP contribution in [0.3, 0.4) is 0 Å². The number of piperidine rings is 1. The first-order valence-corrected chi connectivity index (χ1v) is 12.5. The molecular weight excluding hydrogens is 391 g/mol. The monoisotopic (exact) mass is 426 g/mol. The highest BCUT2D eigenvalue weighted by atomic mass is 32.2. The topological polar surface area (TPSA) is 73.8 Å². The van der Waals surface area contributed by atoms with Crippen LogP contribution in [0, 0.1) is 11.7 Å². The molecule has 1 saturated heterocycles. The van der Waals surface area contributed by atoms with Gasteiger partial charge in [0.15, 0.2) is 15.8 Å². The molecule has 0 unspecified atom stereocenters. The van der Waals surface area contributed by atoms with Crippen LogP contribution in [-0.2, 0) is 22.1 Å². The molecule has 0 aliphatic carbocycles. The number of benzene rings is 1. The molecule has 0 radical (unpaired) electrons. The smallest absolute Gasteiger partial charge is 0.191 e. The largest absolute Gasteiger partial charge is 0.357 e. The van der Waals surface area contributed by atoms with Crippen molar-refractivity contribution in [3.8, 4) is 0 Å². The fraction of sp³-hybridized carbons (Fsp3) is 0.667. The summed E-state index contributed by atoms with van der Waals surface area (Å²) >= 11 is 0. The van der Waals surface area contributed by atoms with E-state index in [1.54, 1.807) is 0 Å². The molecule has 8 heteroatoms. The maximum Gasteiger partial charge on any atom is 0.191 e. The Morgan fingerprint density at radius 1 is 1.24 bits per heavy atom. The van der Waals surface area contributed by atoms with Gasteiger partial charge < -0.3 is 15.5 Å². The van der Waals surface area contributed by atoms with Crippen LogP contribution in [0.2, 0.25) is 0 Å². The molecule has 1 aromatic rings. The van der Waals surface area contributed by atoms with E-state index >= 15 is 0 Å². The predicted octanol–water partition coefficient (Wildman–Crippen LogP) is 2.55. The fourth-order valence-corrected chi connectivity index (χ4v) is 4.31. The van der Waals surface area contributed by atoms with E-state index in [0.29, 0.717) is 17.1 Å². The van der Waals surface area contributed by atoms with Crippen molar-refractivity contribution >= 4 is 15.8 Å². The summed E-state index contributed by atoms with van der Waals surface area (Å²) in [5.74, 6) is 0.999. The highest BCUT2D eigenvalue weighted by molar-refractivity contribution is 7.89. The number of guanidine groups is 1. The third-order valence-electron chi connectivity index (χ3n) is 5.16. The Balaban J connectivity index is 1.90. The van der Waals surface area contributed by atoms with E-state index < -0.39 is 9.84 Å². The average Bonchev–Trinajstić information content (AvgIpc) is 2.65. The molecule has 29 heavy (non-hydrogen) atoms. The number of halogens is 1. The van der Waals surface area contributed by atoms with Crippen molar-refractivity contribution in [2.75, 3.05) is 39.0 Å². The summed E-state index contributed by atoms with van der Waals surface area (Å²) in [4.78, 5) is 7.04. The predicted molar refractivity (Wildman–Crippen MR) is 117 cm³/mol. The molecule has 0 bridgehead atoms. The zero-order valence-electron chi connectivity index (χ0n) is 17.9. The van der Waals surface area contributed by atoms with Gasteiger partial charge in [0.1, 0.15) is 5.82 Å². The lowest BCUT2D eigenvalue weighted by Crippen LogP contribution is -2.39. The lowest BCUT2D eigenvalue weighted by Gasteiger charge is -2.30. The van der Waals surface area contributed by atoms with Gasteiger partial charge in [-0.1, -0.05) is 13.0 Å². The second kappa shape index (κ2) is 11.5. The third kappa shape index (κ3) is 9.12. The van der Waals surface area contributed by atoms with Gasteiger partial charge in [0.2, 0.25) is 0 Å². The van der Waals surface area contributed by atoms with E-state index in [-0.39, 0.29) is 18.1 Å². The van der Waals surface area contributed by atoms with E-state index in [0.717, 1.165) is 32.0 Å². The Morgan fingerprint density at radius 2 is 1.97 bits per heavy atom. The van der Waals surface area contributed by atoms with Crippen molar-refractivity contribution < 1.29 is 12.8 Å². The summed E-state index contributed by atoms with van der Waals surface area (Å²) in [5.41, 5.74) is 1.18. The van der Waals surface area contributed by atoms with Gasteiger partial charge in [-0.25, -0.2) is 17.8 Å². The van der Waals surface area contributed by atoms with Crippen LogP contribution in [0.4, 0.5) is 4.39 Å². The van der Waals surface area contributed by atoms with Crippen molar-refractivity contribution in [2.45, 2.75) is 45.4 Å². The molecular formula is C21H35FN4O2S. The van der Waals surface area contributed by atoms with E-state index in [4.69, 9.17) is 0 Å². The quantitative estimate of drug-likeness (QED) is 0.361. The van der Waals surface area contributed by atoms with Crippen molar-refractivity contribution in [3.63, 3.8) is 0 Å². The SMILES string of the molecule is CCNC(=NCc1cc(F)ccc1CS(C)(=O)=O)NCCCN1CCC(C)CC1. The van der Waals surface area contributed by atoms with Crippen LogP contribution in [0.5, 0.6) is 0 Å². The van der Waals surface area contributed by atoms with Crippen molar-refractivity contribution in [1.82, 2.24) is 15.5 Å². The summed E-state index contributed by atoms with van der Waals surface area (Å²) in [6, 6.07) is 4.19. The number of nitrogens with zero attached hydrogens (tertiary/aromatic N) is 2. The summed E-state index contributed by atoms with van der Waals surface area (Å²) in [7, 11) is -3.20. The number of likely N-dealkylation sites (tertiary alicyclic amines) is 1. The molecule has 1 heterocycles. The van der Waals surface area contributed by atoms with Crippen molar-refractivity contribution in [2.24, 2.45) is 10.9 Å². The van der Waals surface area contributed by atoms with Crippen LogP contribution in [0.25, 0.3) is 0 Å². The molecule has 1 aliphatic heterocycles. The fourth-order valence-electron chi connectivity index (χ4n) is 3.47. The minimum Gasteiger partial charge on any atom is -0.357 e. The van der Waals surface area contributed by atoms with Gasteiger partial charge in [-0.05, 0) is 75.0 Å². The Hall–Kier alpha value is -1.67. The first-order chi connectivity index (χ1) is 13.8. The summed E-state index contributed by atoms with van der Waals surface area (Å²) in [5, 5.41) is 6.51. The van der Waals surface area contributed by atoms with Gasteiger partial charge in [0.25, 0.3) is 0 Å².